The van der Waals surface area contributed by atoms with Gasteiger partial charge in [-0.3, -0.25) is 4.90 Å². The molecular formula is C16H23FN2O3S. The topological polar surface area (TPSA) is 60.9 Å². The number of benzene rings is 1. The van der Waals surface area contributed by atoms with E-state index in [-0.39, 0.29) is 17.5 Å². The van der Waals surface area contributed by atoms with Crippen LogP contribution >= 0.6 is 0 Å². The molecule has 2 heterocycles. The van der Waals surface area contributed by atoms with Crippen molar-refractivity contribution < 1.29 is 17.9 Å². The second-order valence-electron chi connectivity index (χ2n) is 6.31. The molecule has 1 N–H and O–H groups in total. The highest BCUT2D eigenvalue weighted by atomic mass is 32.2. The van der Waals surface area contributed by atoms with Gasteiger partial charge in [0.25, 0.3) is 0 Å². The molecular weight excluding hydrogens is 319 g/mol. The molecule has 3 rings (SSSR count). The van der Waals surface area contributed by atoms with E-state index in [9.17, 15) is 17.9 Å². The molecule has 7 heteroatoms. The summed E-state index contributed by atoms with van der Waals surface area (Å²) in [6, 6.07) is 5.72. The molecule has 0 aromatic heterocycles. The predicted octanol–water partition coefficient (Wildman–Crippen LogP) is 1.44. The molecule has 2 aliphatic heterocycles. The molecule has 1 aromatic carbocycles. The first kappa shape index (κ1) is 16.8. The van der Waals surface area contributed by atoms with Crippen LogP contribution in [-0.4, -0.2) is 61.1 Å². The summed E-state index contributed by atoms with van der Waals surface area (Å²) >= 11 is 0. The van der Waals surface area contributed by atoms with Crippen LogP contribution in [0.25, 0.3) is 0 Å². The summed E-state index contributed by atoms with van der Waals surface area (Å²) < 4.78 is 39.9. The maximum Gasteiger partial charge on any atom is 0.243 e. The van der Waals surface area contributed by atoms with E-state index in [1.54, 1.807) is 0 Å². The van der Waals surface area contributed by atoms with Gasteiger partial charge in [-0.1, -0.05) is 6.07 Å². The standard InChI is InChI=1S/C16H23FN2O3S/c17-13-3-1-5-16(11-13)23(21,22)18-9-6-14(7-10-18)19-8-2-4-15(19)12-20/h1,3,5,11,14-15,20H,2,4,6-10,12H2. The highest BCUT2D eigenvalue weighted by Gasteiger charge is 2.35. The normalized spacial score (nSPS) is 25.0. The zero-order valence-corrected chi connectivity index (χ0v) is 13.9. The van der Waals surface area contributed by atoms with Crippen molar-refractivity contribution in [2.24, 2.45) is 0 Å². The predicted molar refractivity (Wildman–Crippen MR) is 85.0 cm³/mol. The molecule has 1 aromatic rings. The number of sulfonamides is 1. The quantitative estimate of drug-likeness (QED) is 0.899. The first-order chi connectivity index (χ1) is 11.0. The van der Waals surface area contributed by atoms with Crippen LogP contribution in [0.4, 0.5) is 4.39 Å². The van der Waals surface area contributed by atoms with E-state index in [0.29, 0.717) is 19.1 Å². The van der Waals surface area contributed by atoms with E-state index in [1.807, 2.05) is 0 Å². The van der Waals surface area contributed by atoms with Crippen molar-refractivity contribution in [1.82, 2.24) is 9.21 Å². The Morgan fingerprint density at radius 1 is 1.17 bits per heavy atom. The van der Waals surface area contributed by atoms with E-state index < -0.39 is 15.8 Å². The third kappa shape index (κ3) is 3.42. The maximum atomic E-state index is 13.3. The van der Waals surface area contributed by atoms with E-state index in [4.69, 9.17) is 0 Å². The Kier molecular flexibility index (Phi) is 5.01. The third-order valence-corrected chi connectivity index (χ3v) is 6.85. The van der Waals surface area contributed by atoms with Crippen molar-refractivity contribution in [3.63, 3.8) is 0 Å². The van der Waals surface area contributed by atoms with Gasteiger partial charge in [-0.15, -0.1) is 0 Å². The Balaban J connectivity index is 1.66. The lowest BCUT2D eigenvalue weighted by molar-refractivity contribution is 0.0899. The zero-order valence-electron chi connectivity index (χ0n) is 13.1. The fraction of sp³-hybridized carbons (Fsp3) is 0.625. The largest absolute Gasteiger partial charge is 0.395 e. The van der Waals surface area contributed by atoms with Gasteiger partial charge in [-0.05, 0) is 50.4 Å². The Labute approximate surface area is 136 Å². The number of nitrogens with zero attached hydrogens (tertiary/aromatic N) is 2. The van der Waals surface area contributed by atoms with Gasteiger partial charge >= 0.3 is 0 Å². The van der Waals surface area contributed by atoms with Crippen LogP contribution in [0.3, 0.4) is 0 Å². The second kappa shape index (κ2) is 6.84. The minimum Gasteiger partial charge on any atom is -0.395 e. The molecule has 0 bridgehead atoms. The van der Waals surface area contributed by atoms with E-state index in [2.05, 4.69) is 4.90 Å². The molecule has 1 unspecified atom stereocenters. The lowest BCUT2D eigenvalue weighted by Crippen LogP contribution is -2.48. The van der Waals surface area contributed by atoms with Gasteiger partial charge in [-0.2, -0.15) is 4.31 Å². The summed E-state index contributed by atoms with van der Waals surface area (Å²) in [7, 11) is -3.63. The van der Waals surface area contributed by atoms with Crippen LogP contribution in [0, 0.1) is 5.82 Å². The fourth-order valence-electron chi connectivity index (χ4n) is 3.73. The van der Waals surface area contributed by atoms with Gasteiger partial charge in [-0.25, -0.2) is 12.8 Å². The van der Waals surface area contributed by atoms with Gasteiger partial charge in [0.1, 0.15) is 5.82 Å². The molecule has 128 valence electrons. The van der Waals surface area contributed by atoms with E-state index in [0.717, 1.165) is 38.3 Å². The first-order valence-electron chi connectivity index (χ1n) is 8.14. The average molecular weight is 342 g/mol. The summed E-state index contributed by atoms with van der Waals surface area (Å²) in [5.41, 5.74) is 0. The van der Waals surface area contributed by atoms with Crippen molar-refractivity contribution in [2.75, 3.05) is 26.2 Å². The second-order valence-corrected chi connectivity index (χ2v) is 8.25. The van der Waals surface area contributed by atoms with Crippen LogP contribution in [0.1, 0.15) is 25.7 Å². The summed E-state index contributed by atoms with van der Waals surface area (Å²) in [6.07, 6.45) is 3.61. The monoisotopic (exact) mass is 342 g/mol. The number of halogens is 1. The molecule has 2 aliphatic rings. The van der Waals surface area contributed by atoms with Gasteiger partial charge in [0.05, 0.1) is 11.5 Å². The van der Waals surface area contributed by atoms with Crippen LogP contribution in [0.5, 0.6) is 0 Å². The molecule has 2 fully saturated rings. The molecule has 23 heavy (non-hydrogen) atoms. The number of aliphatic hydroxyl groups is 1. The van der Waals surface area contributed by atoms with Crippen molar-refractivity contribution in [3.8, 4) is 0 Å². The van der Waals surface area contributed by atoms with Crippen LogP contribution < -0.4 is 0 Å². The number of hydrogen-bond donors (Lipinski definition) is 1. The van der Waals surface area contributed by atoms with Gasteiger partial charge in [0.2, 0.25) is 10.0 Å². The minimum absolute atomic E-state index is 0.0188. The summed E-state index contributed by atoms with van der Waals surface area (Å²) in [4.78, 5) is 2.34. The molecule has 5 nitrogen and oxygen atoms in total. The SMILES string of the molecule is O=S(=O)(c1cccc(F)c1)N1CCC(N2CCCC2CO)CC1. The van der Waals surface area contributed by atoms with Crippen LogP contribution in [0.15, 0.2) is 29.2 Å². The average Bonchev–Trinajstić information content (AvgIpc) is 3.03. The molecule has 0 saturated carbocycles. The number of likely N-dealkylation sites (tertiary alicyclic amines) is 1. The number of rotatable bonds is 4. The Morgan fingerprint density at radius 3 is 2.57 bits per heavy atom. The van der Waals surface area contributed by atoms with E-state index >= 15 is 0 Å². The van der Waals surface area contributed by atoms with Crippen molar-refractivity contribution in [1.29, 1.82) is 0 Å². The van der Waals surface area contributed by atoms with Gasteiger partial charge in [0, 0.05) is 25.2 Å². The molecule has 0 aliphatic carbocycles. The Morgan fingerprint density at radius 2 is 1.91 bits per heavy atom. The first-order valence-corrected chi connectivity index (χ1v) is 9.58. The fourth-order valence-corrected chi connectivity index (χ4v) is 5.23. The summed E-state index contributed by atoms with van der Waals surface area (Å²) in [5, 5.41) is 9.44. The molecule has 0 radical (unpaired) electrons. The van der Waals surface area contributed by atoms with Crippen molar-refractivity contribution in [2.45, 2.75) is 42.7 Å². The molecule has 2 saturated heterocycles. The van der Waals surface area contributed by atoms with Crippen molar-refractivity contribution >= 4 is 10.0 Å². The maximum absolute atomic E-state index is 13.3. The number of hydrogen-bond acceptors (Lipinski definition) is 4. The molecule has 0 amide bonds. The van der Waals surface area contributed by atoms with Gasteiger partial charge in [0.15, 0.2) is 0 Å². The van der Waals surface area contributed by atoms with Crippen molar-refractivity contribution in [3.05, 3.63) is 30.1 Å². The minimum atomic E-state index is -3.63. The highest BCUT2D eigenvalue weighted by Crippen LogP contribution is 2.28. The zero-order chi connectivity index (χ0) is 16.4. The lowest BCUT2D eigenvalue weighted by Gasteiger charge is -2.38. The Bertz CT molecular complexity index is 644. The molecule has 0 spiro atoms. The van der Waals surface area contributed by atoms with Crippen LogP contribution in [0.2, 0.25) is 0 Å². The number of aliphatic hydroxyl groups excluding tert-OH is 1. The smallest absolute Gasteiger partial charge is 0.243 e. The molecule has 1 atom stereocenters. The lowest BCUT2D eigenvalue weighted by atomic mass is 10.0. The summed E-state index contributed by atoms with van der Waals surface area (Å²) in [5.74, 6) is -0.538. The highest BCUT2D eigenvalue weighted by molar-refractivity contribution is 7.89. The third-order valence-electron chi connectivity index (χ3n) is 4.96. The van der Waals surface area contributed by atoms with Crippen LogP contribution in [-0.2, 0) is 10.0 Å². The summed E-state index contributed by atoms with van der Waals surface area (Å²) in [6.45, 7) is 2.03. The Hall–Kier alpha value is -1.02. The number of piperidine rings is 1. The van der Waals surface area contributed by atoms with E-state index in [1.165, 1.54) is 22.5 Å². The van der Waals surface area contributed by atoms with Gasteiger partial charge < -0.3 is 5.11 Å².